The smallest absolute Gasteiger partial charge is 0.344 e. The van der Waals surface area contributed by atoms with Gasteiger partial charge in [0.1, 0.15) is 16.4 Å². The molecule has 1 aliphatic heterocycles. The number of aliphatic hydroxyl groups is 1. The number of halogens is 1. The standard InChI is InChI=1S/C28H25BrN2O4S/c1-5-35-28(34)24-25(32)23(36-27(24)30-26(33)19-8-6-16(2)7-9-19)15-20-14-17(3)31(18(20)4)22-12-10-21(29)11-13-22/h6-15,32H,5H2,1-4H3/b23-15-,30-27?. The van der Waals surface area contributed by atoms with E-state index in [1.54, 1.807) is 25.1 Å². The average molecular weight is 565 g/mol. The van der Waals surface area contributed by atoms with Crippen molar-refractivity contribution in [1.82, 2.24) is 4.57 Å². The molecule has 0 radical (unpaired) electrons. The van der Waals surface area contributed by atoms with E-state index in [2.05, 4.69) is 25.5 Å². The van der Waals surface area contributed by atoms with Gasteiger partial charge in [-0.3, -0.25) is 4.79 Å². The van der Waals surface area contributed by atoms with Crippen molar-refractivity contribution in [3.05, 3.63) is 103 Å². The largest absolute Gasteiger partial charge is 0.506 e. The minimum absolute atomic E-state index is 0.102. The number of esters is 1. The van der Waals surface area contributed by atoms with Gasteiger partial charge in [0.25, 0.3) is 5.91 Å². The van der Waals surface area contributed by atoms with Crippen molar-refractivity contribution in [3.8, 4) is 5.69 Å². The normalized spacial score (nSPS) is 15.7. The predicted molar refractivity (Wildman–Crippen MR) is 148 cm³/mol. The lowest BCUT2D eigenvalue weighted by atomic mass is 10.1. The molecule has 0 aliphatic carbocycles. The van der Waals surface area contributed by atoms with Gasteiger partial charge in [-0.05, 0) is 81.8 Å². The molecule has 4 rings (SSSR count). The third-order valence-corrected chi connectivity index (χ3v) is 7.26. The summed E-state index contributed by atoms with van der Waals surface area (Å²) in [5.74, 6) is -1.47. The maximum atomic E-state index is 12.8. The van der Waals surface area contributed by atoms with Crippen LogP contribution in [0.15, 0.2) is 80.3 Å². The lowest BCUT2D eigenvalue weighted by Crippen LogP contribution is -2.14. The monoisotopic (exact) mass is 564 g/mol. The van der Waals surface area contributed by atoms with Crippen LogP contribution in [-0.4, -0.2) is 33.2 Å². The zero-order valence-electron chi connectivity index (χ0n) is 20.3. The number of aliphatic imine (C=N–C) groups is 1. The van der Waals surface area contributed by atoms with Crippen LogP contribution in [0, 0.1) is 20.8 Å². The molecule has 0 spiro atoms. The first-order valence-electron chi connectivity index (χ1n) is 11.3. The molecule has 0 unspecified atom stereocenters. The molecule has 36 heavy (non-hydrogen) atoms. The quantitative estimate of drug-likeness (QED) is 0.342. The summed E-state index contributed by atoms with van der Waals surface area (Å²) in [6.45, 7) is 7.74. The van der Waals surface area contributed by atoms with Gasteiger partial charge in [-0.15, -0.1) is 0 Å². The number of ether oxygens (including phenoxy) is 1. The molecular weight excluding hydrogens is 540 g/mol. The van der Waals surface area contributed by atoms with Gasteiger partial charge >= 0.3 is 5.97 Å². The first-order chi connectivity index (χ1) is 17.2. The summed E-state index contributed by atoms with van der Waals surface area (Å²) in [6, 6.07) is 17.0. The molecule has 8 heteroatoms. The van der Waals surface area contributed by atoms with Crippen molar-refractivity contribution >= 4 is 50.7 Å². The number of carbonyl (C=O) groups is 2. The Labute approximate surface area is 222 Å². The van der Waals surface area contributed by atoms with Gasteiger partial charge in [0.15, 0.2) is 0 Å². The van der Waals surface area contributed by atoms with Crippen LogP contribution in [0.1, 0.15) is 39.8 Å². The Kier molecular flexibility index (Phi) is 7.66. The van der Waals surface area contributed by atoms with Gasteiger partial charge in [-0.1, -0.05) is 45.4 Å². The zero-order valence-corrected chi connectivity index (χ0v) is 22.7. The number of thioether (sulfide) groups is 1. The Morgan fingerprint density at radius 3 is 2.39 bits per heavy atom. The van der Waals surface area contributed by atoms with Crippen LogP contribution in [0.25, 0.3) is 11.8 Å². The van der Waals surface area contributed by atoms with E-state index in [1.165, 1.54) is 0 Å². The van der Waals surface area contributed by atoms with E-state index < -0.39 is 11.9 Å². The molecule has 6 nitrogen and oxygen atoms in total. The van der Waals surface area contributed by atoms with E-state index in [0.29, 0.717) is 10.5 Å². The highest BCUT2D eigenvalue weighted by molar-refractivity contribution is 9.10. The lowest BCUT2D eigenvalue weighted by Gasteiger charge is -2.09. The SMILES string of the molecule is CCOC(=O)C1=C(O)/C(=C/c2cc(C)n(-c3ccc(Br)cc3)c2C)SC1=NC(=O)c1ccc(C)cc1. The fourth-order valence-corrected chi connectivity index (χ4v) is 5.18. The molecular formula is C28H25BrN2O4S. The van der Waals surface area contributed by atoms with Gasteiger partial charge in [0, 0.05) is 27.1 Å². The topological polar surface area (TPSA) is 80.9 Å². The van der Waals surface area contributed by atoms with Crippen LogP contribution < -0.4 is 0 Å². The van der Waals surface area contributed by atoms with Crippen LogP contribution >= 0.6 is 27.7 Å². The number of benzene rings is 2. The van der Waals surface area contributed by atoms with E-state index in [0.717, 1.165) is 44.4 Å². The molecule has 2 aromatic carbocycles. The van der Waals surface area contributed by atoms with E-state index >= 15 is 0 Å². The van der Waals surface area contributed by atoms with E-state index in [-0.39, 0.29) is 23.0 Å². The molecule has 0 bridgehead atoms. The van der Waals surface area contributed by atoms with Crippen molar-refractivity contribution in [1.29, 1.82) is 0 Å². The predicted octanol–water partition coefficient (Wildman–Crippen LogP) is 6.87. The fraction of sp³-hybridized carbons (Fsp3) is 0.179. The summed E-state index contributed by atoms with van der Waals surface area (Å²) in [5.41, 5.74) is 5.18. The number of aromatic nitrogens is 1. The number of aryl methyl sites for hydroxylation is 2. The van der Waals surface area contributed by atoms with Crippen LogP contribution in [0.3, 0.4) is 0 Å². The Morgan fingerprint density at radius 1 is 1.08 bits per heavy atom. The molecule has 0 saturated carbocycles. The summed E-state index contributed by atoms with van der Waals surface area (Å²) in [5, 5.41) is 11.1. The molecule has 184 valence electrons. The summed E-state index contributed by atoms with van der Waals surface area (Å²) in [7, 11) is 0. The zero-order chi connectivity index (χ0) is 26.0. The molecule has 1 amide bonds. The maximum absolute atomic E-state index is 12.8. The van der Waals surface area contributed by atoms with Crippen molar-refractivity contribution in [3.63, 3.8) is 0 Å². The lowest BCUT2D eigenvalue weighted by molar-refractivity contribution is -0.138. The number of nitrogens with zero attached hydrogens (tertiary/aromatic N) is 2. The highest BCUT2D eigenvalue weighted by Crippen LogP contribution is 2.40. The number of rotatable bonds is 5. The Balaban J connectivity index is 1.74. The van der Waals surface area contributed by atoms with E-state index in [9.17, 15) is 14.7 Å². The first kappa shape index (κ1) is 25.7. The molecule has 0 atom stereocenters. The second-order valence-corrected chi connectivity index (χ2v) is 10.2. The number of aliphatic hydroxyl groups excluding tert-OH is 1. The minimum Gasteiger partial charge on any atom is -0.506 e. The van der Waals surface area contributed by atoms with Crippen LogP contribution in [0.5, 0.6) is 0 Å². The van der Waals surface area contributed by atoms with Gasteiger partial charge < -0.3 is 14.4 Å². The average Bonchev–Trinajstić information content (AvgIpc) is 3.29. The molecule has 0 saturated heterocycles. The van der Waals surface area contributed by atoms with Crippen molar-refractivity contribution < 1.29 is 19.4 Å². The first-order valence-corrected chi connectivity index (χ1v) is 13.0. The highest BCUT2D eigenvalue weighted by atomic mass is 79.9. The minimum atomic E-state index is -0.721. The van der Waals surface area contributed by atoms with Gasteiger partial charge in [0.05, 0.1) is 11.5 Å². The Hall–Kier alpha value is -3.36. The summed E-state index contributed by atoms with van der Waals surface area (Å²) >= 11 is 4.54. The van der Waals surface area contributed by atoms with Crippen LogP contribution in [0.2, 0.25) is 0 Å². The Morgan fingerprint density at radius 2 is 1.75 bits per heavy atom. The van der Waals surface area contributed by atoms with Crippen molar-refractivity contribution in [2.45, 2.75) is 27.7 Å². The molecule has 1 N–H and O–H groups in total. The number of amides is 1. The summed E-state index contributed by atoms with van der Waals surface area (Å²) < 4.78 is 8.25. The third kappa shape index (κ3) is 5.24. The summed E-state index contributed by atoms with van der Waals surface area (Å²) in [4.78, 5) is 30.1. The van der Waals surface area contributed by atoms with E-state index in [1.807, 2.05) is 63.2 Å². The van der Waals surface area contributed by atoms with Crippen molar-refractivity contribution in [2.75, 3.05) is 6.61 Å². The molecule has 1 aliphatic rings. The second kappa shape index (κ2) is 10.7. The van der Waals surface area contributed by atoms with Gasteiger partial charge in [0.2, 0.25) is 0 Å². The third-order valence-electron chi connectivity index (χ3n) is 5.71. The molecule has 0 fully saturated rings. The van der Waals surface area contributed by atoms with Gasteiger partial charge in [-0.25, -0.2) is 9.79 Å². The number of carbonyl (C=O) groups excluding carboxylic acids is 2. The van der Waals surface area contributed by atoms with Crippen LogP contribution in [-0.2, 0) is 9.53 Å². The molecule has 3 aromatic rings. The molecule has 2 heterocycles. The Bertz CT molecular complexity index is 1430. The van der Waals surface area contributed by atoms with E-state index in [4.69, 9.17) is 4.74 Å². The van der Waals surface area contributed by atoms with Gasteiger partial charge in [-0.2, -0.15) is 0 Å². The fourth-order valence-electron chi connectivity index (χ4n) is 3.91. The van der Waals surface area contributed by atoms with Crippen LogP contribution in [0.4, 0.5) is 0 Å². The maximum Gasteiger partial charge on any atom is 0.344 e. The summed E-state index contributed by atoms with van der Waals surface area (Å²) in [6.07, 6.45) is 1.80. The highest BCUT2D eigenvalue weighted by Gasteiger charge is 2.34. The van der Waals surface area contributed by atoms with Crippen molar-refractivity contribution in [2.24, 2.45) is 4.99 Å². The molecule has 1 aromatic heterocycles. The second-order valence-electron chi connectivity index (χ2n) is 8.28. The number of hydrogen-bond acceptors (Lipinski definition) is 5. The number of hydrogen-bond donors (Lipinski definition) is 1.